The van der Waals surface area contributed by atoms with Crippen molar-refractivity contribution in [1.29, 1.82) is 0 Å². The van der Waals surface area contributed by atoms with Gasteiger partial charge in [-0.05, 0) is 48.7 Å². The van der Waals surface area contributed by atoms with E-state index in [0.717, 1.165) is 6.07 Å². The molecule has 3 rings (SSSR count). The minimum atomic E-state index is -5.72. The fraction of sp³-hybridized carbons (Fsp3) is 0.250. The average molecular weight is 404 g/mol. The molecule has 1 heterocycles. The lowest BCUT2D eigenvalue weighted by Gasteiger charge is -2.31. The fourth-order valence-electron chi connectivity index (χ4n) is 2.99. The number of aryl methyl sites for hydroxylation is 1. The maximum Gasteiger partial charge on any atom is 0.501 e. The molecule has 11 heteroatoms. The van der Waals surface area contributed by atoms with Crippen molar-refractivity contribution in [2.45, 2.75) is 23.2 Å². The first-order valence-corrected chi connectivity index (χ1v) is 9.16. The Morgan fingerprint density at radius 1 is 1.07 bits per heavy atom. The second-order valence-electron chi connectivity index (χ2n) is 5.89. The van der Waals surface area contributed by atoms with Crippen LogP contribution >= 0.6 is 0 Å². The predicted molar refractivity (Wildman–Crippen MR) is 88.1 cm³/mol. The fourth-order valence-corrected chi connectivity index (χ4v) is 3.78. The van der Waals surface area contributed by atoms with Gasteiger partial charge in [0.05, 0.1) is 9.82 Å². The van der Waals surface area contributed by atoms with Gasteiger partial charge >= 0.3 is 5.51 Å². The van der Waals surface area contributed by atoms with E-state index in [1.165, 1.54) is 23.1 Å². The molecule has 0 fully saturated rings. The normalized spacial score (nSPS) is 14.7. The number of hydrogen-bond donors (Lipinski definition) is 0. The van der Waals surface area contributed by atoms with E-state index in [9.17, 15) is 36.1 Å². The molecule has 0 spiro atoms. The van der Waals surface area contributed by atoms with E-state index in [-0.39, 0.29) is 5.69 Å². The summed E-state index contributed by atoms with van der Waals surface area (Å²) in [7, 11) is -5.72. The molecule has 6 nitrogen and oxygen atoms in total. The van der Waals surface area contributed by atoms with Gasteiger partial charge in [-0.15, -0.1) is 0 Å². The lowest BCUT2D eigenvalue weighted by atomic mass is 10.0. The van der Waals surface area contributed by atoms with Gasteiger partial charge in [0.25, 0.3) is 15.5 Å². The zero-order chi connectivity index (χ0) is 20.0. The molecular formula is C16H12F4N2O4S. The quantitative estimate of drug-likeness (QED) is 0.437. The molecule has 2 aromatic rings. The minimum absolute atomic E-state index is 0.0614. The van der Waals surface area contributed by atoms with Gasteiger partial charge in [-0.1, -0.05) is 0 Å². The average Bonchev–Trinajstić information content (AvgIpc) is 2.59. The lowest BCUT2D eigenvalue weighted by Crippen LogP contribution is -2.26. The molecule has 0 radical (unpaired) electrons. The van der Waals surface area contributed by atoms with E-state index >= 15 is 0 Å². The van der Waals surface area contributed by atoms with Gasteiger partial charge in [0.2, 0.25) is 0 Å². The van der Waals surface area contributed by atoms with Gasteiger partial charge in [-0.3, -0.25) is 10.1 Å². The van der Waals surface area contributed by atoms with Crippen molar-refractivity contribution in [1.82, 2.24) is 0 Å². The summed E-state index contributed by atoms with van der Waals surface area (Å²) < 4.78 is 74.7. The number of benzene rings is 2. The second-order valence-corrected chi connectivity index (χ2v) is 7.83. The molecule has 0 aromatic heterocycles. The van der Waals surface area contributed by atoms with Crippen molar-refractivity contribution in [3.05, 3.63) is 57.9 Å². The van der Waals surface area contributed by atoms with Crippen LogP contribution in [0.2, 0.25) is 0 Å². The number of fused-ring (bicyclic) bond motifs is 1. The molecular weight excluding hydrogens is 392 g/mol. The smallest absolute Gasteiger partial charge is 0.336 e. The number of halogens is 4. The van der Waals surface area contributed by atoms with Crippen LogP contribution in [-0.2, 0) is 16.3 Å². The van der Waals surface area contributed by atoms with E-state index in [2.05, 4.69) is 0 Å². The summed E-state index contributed by atoms with van der Waals surface area (Å²) in [6, 6.07) is 5.93. The Bertz CT molecular complexity index is 1020. The first-order valence-electron chi connectivity index (χ1n) is 7.68. The Balaban J connectivity index is 2.15. The monoisotopic (exact) mass is 404 g/mol. The number of rotatable bonds is 3. The maximum absolute atomic E-state index is 13.4. The predicted octanol–water partition coefficient (Wildman–Crippen LogP) is 4.11. The van der Waals surface area contributed by atoms with Crippen LogP contribution in [0.5, 0.6) is 0 Å². The molecule has 0 atom stereocenters. The van der Waals surface area contributed by atoms with Crippen LogP contribution in [-0.4, -0.2) is 25.4 Å². The number of hydrogen-bond acceptors (Lipinski definition) is 5. The van der Waals surface area contributed by atoms with E-state index in [4.69, 9.17) is 0 Å². The molecule has 0 saturated heterocycles. The van der Waals surface area contributed by atoms with Gasteiger partial charge in [-0.25, -0.2) is 12.8 Å². The highest BCUT2D eigenvalue weighted by atomic mass is 32.2. The molecule has 0 unspecified atom stereocenters. The molecule has 1 aliphatic rings. The Morgan fingerprint density at radius 3 is 2.37 bits per heavy atom. The summed E-state index contributed by atoms with van der Waals surface area (Å²) in [5.74, 6) is -0.475. The first-order chi connectivity index (χ1) is 12.5. The molecule has 0 aliphatic carbocycles. The van der Waals surface area contributed by atoms with Gasteiger partial charge in [0.15, 0.2) is 0 Å². The van der Waals surface area contributed by atoms with E-state index < -0.39 is 36.7 Å². The maximum atomic E-state index is 13.4. The summed E-state index contributed by atoms with van der Waals surface area (Å²) in [4.78, 5) is 10.7. The van der Waals surface area contributed by atoms with Crippen LogP contribution in [0, 0.1) is 15.9 Å². The van der Waals surface area contributed by atoms with Gasteiger partial charge < -0.3 is 4.90 Å². The van der Waals surface area contributed by atoms with Crippen molar-refractivity contribution < 1.29 is 30.9 Å². The number of sulfone groups is 1. The van der Waals surface area contributed by atoms with Crippen LogP contribution in [0.1, 0.15) is 12.0 Å². The van der Waals surface area contributed by atoms with Gasteiger partial charge in [-0.2, -0.15) is 13.2 Å². The number of nitro benzene ring substituents is 1. The van der Waals surface area contributed by atoms with Crippen molar-refractivity contribution in [2.24, 2.45) is 0 Å². The number of nitro groups is 1. The summed E-state index contributed by atoms with van der Waals surface area (Å²) in [5, 5.41) is 11.4. The third-order valence-electron chi connectivity index (χ3n) is 4.21. The molecule has 0 saturated carbocycles. The summed E-state index contributed by atoms with van der Waals surface area (Å²) >= 11 is 0. The van der Waals surface area contributed by atoms with Crippen LogP contribution in [0.3, 0.4) is 0 Å². The Morgan fingerprint density at radius 2 is 1.74 bits per heavy atom. The highest BCUT2D eigenvalue weighted by molar-refractivity contribution is 7.92. The lowest BCUT2D eigenvalue weighted by molar-refractivity contribution is -0.384. The van der Waals surface area contributed by atoms with Gasteiger partial charge in [0.1, 0.15) is 11.5 Å². The Kier molecular flexibility index (Phi) is 4.58. The van der Waals surface area contributed by atoms with Crippen molar-refractivity contribution in [2.75, 3.05) is 11.4 Å². The van der Waals surface area contributed by atoms with E-state index in [1.807, 2.05) is 0 Å². The van der Waals surface area contributed by atoms with Crippen LogP contribution in [0.25, 0.3) is 0 Å². The standard InChI is InChI=1S/C16H12F4N2O4S/c17-11-3-5-13-10(8-11)2-1-7-21(13)14-6-4-12(9-15(14)22(23)24)27(25,26)16(18,19)20/h3-6,8-9H,1-2,7H2. The first kappa shape index (κ1) is 19.1. The number of anilines is 2. The summed E-state index contributed by atoms with van der Waals surface area (Å²) in [6.45, 7) is 0.310. The topological polar surface area (TPSA) is 80.5 Å². The number of nitrogens with zero attached hydrogens (tertiary/aromatic N) is 2. The molecule has 0 amide bonds. The molecule has 0 N–H and O–H groups in total. The molecule has 144 valence electrons. The summed E-state index contributed by atoms with van der Waals surface area (Å²) in [5.41, 5.74) is -5.33. The SMILES string of the molecule is O=[N+]([O-])c1cc(S(=O)(=O)C(F)(F)F)ccc1N1CCCc2cc(F)ccc21. The molecule has 1 aliphatic heterocycles. The third-order valence-corrected chi connectivity index (χ3v) is 5.69. The second kappa shape index (κ2) is 6.48. The van der Waals surface area contributed by atoms with Gasteiger partial charge in [0, 0.05) is 18.3 Å². The highest BCUT2D eigenvalue weighted by Gasteiger charge is 2.47. The van der Waals surface area contributed by atoms with Crippen LogP contribution < -0.4 is 4.90 Å². The largest absolute Gasteiger partial charge is 0.501 e. The molecule has 27 heavy (non-hydrogen) atoms. The van der Waals surface area contributed by atoms with Crippen molar-refractivity contribution in [3.63, 3.8) is 0 Å². The van der Waals surface area contributed by atoms with Crippen LogP contribution in [0.4, 0.5) is 34.6 Å². The third kappa shape index (κ3) is 3.34. The number of alkyl halides is 3. The van der Waals surface area contributed by atoms with Crippen LogP contribution in [0.15, 0.2) is 41.3 Å². The zero-order valence-electron chi connectivity index (χ0n) is 13.5. The highest BCUT2D eigenvalue weighted by Crippen LogP contribution is 2.41. The minimum Gasteiger partial charge on any atom is -0.336 e. The molecule has 0 bridgehead atoms. The molecule has 2 aromatic carbocycles. The Hall–Kier alpha value is -2.69. The van der Waals surface area contributed by atoms with E-state index in [1.54, 1.807) is 0 Å². The van der Waals surface area contributed by atoms with Crippen molar-refractivity contribution in [3.8, 4) is 0 Å². The summed E-state index contributed by atoms with van der Waals surface area (Å²) in [6.07, 6.45) is 1.08. The Labute approximate surface area is 151 Å². The van der Waals surface area contributed by atoms with E-state index in [0.29, 0.717) is 42.8 Å². The zero-order valence-corrected chi connectivity index (χ0v) is 14.3. The van der Waals surface area contributed by atoms with Crippen molar-refractivity contribution >= 4 is 26.9 Å².